The lowest BCUT2D eigenvalue weighted by Crippen LogP contribution is -2.06. The number of H-pyrrole nitrogens is 2. The van der Waals surface area contributed by atoms with Crippen molar-refractivity contribution < 1.29 is 31.9 Å². The molecule has 0 amide bonds. The molecular formula is C13H21BF4N2O2. The van der Waals surface area contributed by atoms with Crippen LogP contribution in [0.15, 0.2) is 24.4 Å². The molecule has 4 nitrogen and oxygen atoms in total. The van der Waals surface area contributed by atoms with Gasteiger partial charge in [-0.2, -0.15) is 5.10 Å². The van der Waals surface area contributed by atoms with Crippen molar-refractivity contribution in [1.82, 2.24) is 5.10 Å². The van der Waals surface area contributed by atoms with E-state index in [-0.39, 0.29) is 5.97 Å². The van der Waals surface area contributed by atoms with E-state index in [0.717, 1.165) is 32.1 Å². The molecule has 0 atom stereocenters. The molecule has 1 heterocycles. The number of aryl methyl sites for hydroxylation is 1. The molecule has 0 saturated heterocycles. The number of unbranched alkanes of at least 4 members (excludes halogenated alkanes) is 3. The normalized spacial score (nSPS) is 10.6. The van der Waals surface area contributed by atoms with Gasteiger partial charge in [0, 0.05) is 11.6 Å². The van der Waals surface area contributed by atoms with E-state index in [2.05, 4.69) is 22.8 Å². The predicted octanol–water partition coefficient (Wildman–Crippen LogP) is 3.35. The number of aromatic amines is 2. The van der Waals surface area contributed by atoms with E-state index < -0.39 is 7.25 Å². The van der Waals surface area contributed by atoms with Crippen molar-refractivity contribution in [1.29, 1.82) is 0 Å². The van der Waals surface area contributed by atoms with E-state index in [1.54, 1.807) is 6.92 Å². The Hall–Kier alpha value is -1.80. The number of carbonyl (C=O) groups excluding carboxylic acids is 1. The molecule has 1 rings (SSSR count). The smallest absolute Gasteiger partial charge is 0.462 e. The molecule has 1 aromatic rings. The summed E-state index contributed by atoms with van der Waals surface area (Å²) in [5.41, 5.74) is 1.70. The molecule has 0 aromatic carbocycles. The molecule has 0 aliphatic carbocycles. The van der Waals surface area contributed by atoms with Crippen LogP contribution in [0.4, 0.5) is 17.3 Å². The number of hydrogen-bond donors (Lipinski definition) is 1. The standard InChI is InChI=1S/C13H20N2O2.BF4/c1-11(2)13(16)17-10-6-4-3-5-7-12-8-9-14-15-12;2-1(3,4)5/h8-9H,1,3-7,10H2,2H3,(H,14,15);/q;-1/p+1. The summed E-state index contributed by atoms with van der Waals surface area (Å²) in [4.78, 5) is 11.1. The molecule has 0 unspecified atom stereocenters. The van der Waals surface area contributed by atoms with E-state index in [9.17, 15) is 22.1 Å². The maximum absolute atomic E-state index is 11.1. The zero-order valence-electron chi connectivity index (χ0n) is 12.5. The minimum Gasteiger partial charge on any atom is -0.462 e. The molecule has 1 aromatic heterocycles. The summed E-state index contributed by atoms with van der Waals surface area (Å²) in [5, 5.41) is 5.99. The van der Waals surface area contributed by atoms with Crippen molar-refractivity contribution in [2.24, 2.45) is 0 Å². The van der Waals surface area contributed by atoms with Gasteiger partial charge in [0.25, 0.3) is 0 Å². The van der Waals surface area contributed by atoms with Crippen molar-refractivity contribution in [3.63, 3.8) is 0 Å². The van der Waals surface area contributed by atoms with E-state index in [0.29, 0.717) is 12.2 Å². The third kappa shape index (κ3) is 14.6. The van der Waals surface area contributed by atoms with Gasteiger partial charge in [0.2, 0.25) is 0 Å². The van der Waals surface area contributed by atoms with Gasteiger partial charge in [0.05, 0.1) is 12.3 Å². The minimum absolute atomic E-state index is 0.285. The first-order valence-corrected chi connectivity index (χ1v) is 6.94. The molecule has 0 fully saturated rings. The van der Waals surface area contributed by atoms with E-state index >= 15 is 0 Å². The quantitative estimate of drug-likeness (QED) is 0.262. The fourth-order valence-electron chi connectivity index (χ4n) is 1.52. The molecular weight excluding hydrogens is 303 g/mol. The number of esters is 1. The lowest BCUT2D eigenvalue weighted by Gasteiger charge is -2.03. The van der Waals surface area contributed by atoms with Gasteiger partial charge < -0.3 is 22.0 Å². The van der Waals surface area contributed by atoms with Crippen LogP contribution < -0.4 is 5.10 Å². The van der Waals surface area contributed by atoms with Crippen LogP contribution in [0.2, 0.25) is 0 Å². The second-order valence-corrected chi connectivity index (χ2v) is 4.70. The van der Waals surface area contributed by atoms with Gasteiger partial charge in [-0.15, -0.1) is 5.10 Å². The highest BCUT2D eigenvalue weighted by Crippen LogP contribution is 2.07. The fourth-order valence-corrected chi connectivity index (χ4v) is 1.52. The van der Waals surface area contributed by atoms with Crippen LogP contribution in [0.1, 0.15) is 38.3 Å². The van der Waals surface area contributed by atoms with Gasteiger partial charge in [-0.1, -0.05) is 19.4 Å². The number of nitrogens with one attached hydrogen (secondary N) is 2. The molecule has 0 spiro atoms. The van der Waals surface area contributed by atoms with Crippen molar-refractivity contribution >= 4 is 13.2 Å². The van der Waals surface area contributed by atoms with E-state index in [1.165, 1.54) is 5.69 Å². The highest BCUT2D eigenvalue weighted by molar-refractivity contribution is 6.50. The fraction of sp³-hybridized carbons (Fsp3) is 0.538. The Kier molecular flexibility index (Phi) is 9.98. The Balaban J connectivity index is 0.000000763. The van der Waals surface area contributed by atoms with Crippen molar-refractivity contribution in [2.45, 2.75) is 39.0 Å². The SMILES string of the molecule is C=C(C)C(=O)OCCCCCCc1cc[nH+][nH]1.F[B-](F)(F)F. The number of halogens is 4. The molecule has 126 valence electrons. The van der Waals surface area contributed by atoms with Crippen LogP contribution in [0.5, 0.6) is 0 Å². The van der Waals surface area contributed by atoms with Crippen LogP contribution in [0.3, 0.4) is 0 Å². The number of ether oxygens (including phenoxy) is 1. The molecule has 0 saturated carbocycles. The first-order chi connectivity index (χ1) is 10.2. The Morgan fingerprint density at radius 1 is 1.27 bits per heavy atom. The zero-order chi connectivity index (χ0) is 17.0. The van der Waals surface area contributed by atoms with Gasteiger partial charge in [-0.25, -0.2) is 4.79 Å². The number of rotatable bonds is 8. The predicted molar refractivity (Wildman–Crippen MR) is 75.5 cm³/mol. The monoisotopic (exact) mass is 324 g/mol. The van der Waals surface area contributed by atoms with Gasteiger partial charge in [-0.3, -0.25) is 0 Å². The Morgan fingerprint density at radius 3 is 2.36 bits per heavy atom. The summed E-state index contributed by atoms with van der Waals surface area (Å²) in [6.45, 7) is 5.70. The van der Waals surface area contributed by atoms with Crippen molar-refractivity contribution in [2.75, 3.05) is 6.61 Å². The minimum atomic E-state index is -6.00. The Labute approximate surface area is 127 Å². The highest BCUT2D eigenvalue weighted by Gasteiger charge is 2.20. The first-order valence-electron chi connectivity index (χ1n) is 6.94. The molecule has 9 heteroatoms. The lowest BCUT2D eigenvalue weighted by molar-refractivity contribution is -0.449. The topological polar surface area (TPSA) is 56.2 Å². The van der Waals surface area contributed by atoms with Crippen LogP contribution >= 0.6 is 0 Å². The van der Waals surface area contributed by atoms with Crippen LogP contribution in [0.25, 0.3) is 0 Å². The van der Waals surface area contributed by atoms with Crippen LogP contribution in [-0.4, -0.2) is 24.9 Å². The van der Waals surface area contributed by atoms with Crippen LogP contribution in [-0.2, 0) is 16.0 Å². The zero-order valence-corrected chi connectivity index (χ0v) is 12.5. The molecule has 0 aliphatic rings. The largest absolute Gasteiger partial charge is 0.673 e. The first kappa shape index (κ1) is 20.2. The average molecular weight is 324 g/mol. The molecule has 0 bridgehead atoms. The molecule has 22 heavy (non-hydrogen) atoms. The van der Waals surface area contributed by atoms with E-state index in [1.807, 2.05) is 6.20 Å². The maximum Gasteiger partial charge on any atom is 0.673 e. The summed E-state index contributed by atoms with van der Waals surface area (Å²) in [7, 11) is -6.00. The Bertz CT molecular complexity index is 430. The second-order valence-electron chi connectivity index (χ2n) is 4.70. The van der Waals surface area contributed by atoms with Crippen molar-refractivity contribution in [3.8, 4) is 0 Å². The van der Waals surface area contributed by atoms with Gasteiger partial charge >= 0.3 is 13.2 Å². The number of carbonyl (C=O) groups is 1. The summed E-state index contributed by atoms with van der Waals surface area (Å²) < 4.78 is 44.0. The summed E-state index contributed by atoms with van der Waals surface area (Å²) in [5.74, 6) is -0.285. The summed E-state index contributed by atoms with van der Waals surface area (Å²) >= 11 is 0. The third-order valence-electron chi connectivity index (χ3n) is 2.52. The summed E-state index contributed by atoms with van der Waals surface area (Å²) in [6.07, 6.45) is 7.29. The molecule has 0 radical (unpaired) electrons. The van der Waals surface area contributed by atoms with E-state index in [4.69, 9.17) is 4.74 Å². The van der Waals surface area contributed by atoms with Crippen LogP contribution in [0, 0.1) is 0 Å². The van der Waals surface area contributed by atoms with Gasteiger partial charge in [0.1, 0.15) is 0 Å². The lowest BCUT2D eigenvalue weighted by atomic mass is 10.1. The molecule has 0 aliphatic heterocycles. The number of hydrogen-bond acceptors (Lipinski definition) is 2. The average Bonchev–Trinajstić information content (AvgIpc) is 2.88. The van der Waals surface area contributed by atoms with Crippen molar-refractivity contribution in [3.05, 3.63) is 30.1 Å². The molecule has 2 N–H and O–H groups in total. The maximum atomic E-state index is 11.1. The third-order valence-corrected chi connectivity index (χ3v) is 2.52. The van der Waals surface area contributed by atoms with Gasteiger partial charge in [-0.05, 0) is 26.2 Å². The second kappa shape index (κ2) is 10.9. The highest BCUT2D eigenvalue weighted by atomic mass is 19.5. The number of aromatic nitrogens is 2. The summed E-state index contributed by atoms with van der Waals surface area (Å²) in [6, 6.07) is 2.05. The van der Waals surface area contributed by atoms with Gasteiger partial charge in [0.15, 0.2) is 6.20 Å². The Morgan fingerprint density at radius 2 is 1.86 bits per heavy atom.